The number of alkyl halides is 2. The first-order valence-electron chi connectivity index (χ1n) is 5.18. The molecule has 1 aromatic carbocycles. The number of rotatable bonds is 4. The Bertz CT molecular complexity index is 477. The molecule has 6 nitrogen and oxygen atoms in total. The summed E-state index contributed by atoms with van der Waals surface area (Å²) in [5.41, 5.74) is 5.16. The molecule has 0 bridgehead atoms. The molecule has 3 N–H and O–H groups in total. The van der Waals surface area contributed by atoms with E-state index in [4.69, 9.17) is 23.2 Å². The molecule has 102 valence electrons. The first-order chi connectivity index (χ1) is 9.06. The molecule has 1 aromatic rings. The highest BCUT2D eigenvalue weighted by Crippen LogP contribution is 2.09. The first kappa shape index (κ1) is 15.3. The molecule has 0 unspecified atom stereocenters. The Kier molecular flexibility index (Phi) is 6.11. The summed E-state index contributed by atoms with van der Waals surface area (Å²) in [7, 11) is 0. The molecule has 0 fully saturated rings. The minimum atomic E-state index is -0.513. The molecule has 0 aliphatic carbocycles. The number of anilines is 1. The molecule has 0 heterocycles. The van der Waals surface area contributed by atoms with E-state index in [2.05, 4.69) is 16.2 Å². The standard InChI is InChI=1S/C11H11Cl2N3O3/c12-5-9(17)14-8-3-1-7(2-4-8)11(19)16-15-10(18)6-13/h1-4H,5-6H2,(H,14,17)(H,15,18)(H,16,19). The number of hydrogen-bond acceptors (Lipinski definition) is 3. The predicted octanol–water partition coefficient (Wildman–Crippen LogP) is 0.864. The largest absolute Gasteiger partial charge is 0.325 e. The molecule has 0 radical (unpaired) electrons. The number of carbonyl (C=O) groups excluding carboxylic acids is 3. The molecule has 0 saturated heterocycles. The van der Waals surface area contributed by atoms with E-state index in [-0.39, 0.29) is 17.7 Å². The van der Waals surface area contributed by atoms with Crippen LogP contribution in [0.15, 0.2) is 24.3 Å². The van der Waals surface area contributed by atoms with Gasteiger partial charge >= 0.3 is 0 Å². The summed E-state index contributed by atoms with van der Waals surface area (Å²) in [6, 6.07) is 6.07. The number of benzene rings is 1. The normalized spacial score (nSPS) is 9.58. The van der Waals surface area contributed by atoms with E-state index in [0.29, 0.717) is 11.3 Å². The van der Waals surface area contributed by atoms with Gasteiger partial charge in [-0.2, -0.15) is 0 Å². The van der Waals surface area contributed by atoms with Gasteiger partial charge in [0.05, 0.1) is 0 Å². The fraction of sp³-hybridized carbons (Fsp3) is 0.182. The topological polar surface area (TPSA) is 87.3 Å². The fourth-order valence-electron chi connectivity index (χ4n) is 1.13. The molecule has 0 spiro atoms. The number of hydrazine groups is 1. The SMILES string of the molecule is O=C(CCl)NNC(=O)c1ccc(NC(=O)CCl)cc1. The summed E-state index contributed by atoms with van der Waals surface area (Å²) in [5, 5.41) is 2.53. The second-order valence-electron chi connectivity index (χ2n) is 3.40. The van der Waals surface area contributed by atoms with Gasteiger partial charge in [0.25, 0.3) is 11.8 Å². The highest BCUT2D eigenvalue weighted by Gasteiger charge is 2.07. The van der Waals surface area contributed by atoms with Gasteiger partial charge in [-0.05, 0) is 24.3 Å². The lowest BCUT2D eigenvalue weighted by molar-refractivity contribution is -0.119. The number of amides is 3. The first-order valence-corrected chi connectivity index (χ1v) is 6.24. The molecule has 8 heteroatoms. The van der Waals surface area contributed by atoms with Gasteiger partial charge in [0.2, 0.25) is 5.91 Å². The summed E-state index contributed by atoms with van der Waals surface area (Å²) in [6.45, 7) is 0. The second-order valence-corrected chi connectivity index (χ2v) is 3.93. The van der Waals surface area contributed by atoms with Crippen molar-refractivity contribution >= 4 is 46.6 Å². The van der Waals surface area contributed by atoms with Crippen LogP contribution in [0.25, 0.3) is 0 Å². The Morgan fingerprint density at radius 2 is 1.47 bits per heavy atom. The summed E-state index contributed by atoms with van der Waals surface area (Å²) < 4.78 is 0. The molecular weight excluding hydrogens is 293 g/mol. The molecule has 0 aliphatic rings. The van der Waals surface area contributed by atoms with E-state index in [1.807, 2.05) is 0 Å². The molecule has 1 rings (SSSR count). The van der Waals surface area contributed by atoms with E-state index in [0.717, 1.165) is 0 Å². The third-order valence-corrected chi connectivity index (χ3v) is 2.47. The molecule has 0 saturated carbocycles. The minimum absolute atomic E-state index is 0.146. The van der Waals surface area contributed by atoms with Crippen molar-refractivity contribution in [1.29, 1.82) is 0 Å². The molecule has 0 aliphatic heterocycles. The number of nitrogens with one attached hydrogen (secondary N) is 3. The Morgan fingerprint density at radius 3 is 2.00 bits per heavy atom. The van der Waals surface area contributed by atoms with Crippen molar-refractivity contribution in [3.63, 3.8) is 0 Å². The molecule has 0 atom stereocenters. The van der Waals surface area contributed by atoms with E-state index >= 15 is 0 Å². The van der Waals surface area contributed by atoms with Crippen molar-refractivity contribution in [2.24, 2.45) is 0 Å². The highest BCUT2D eigenvalue weighted by molar-refractivity contribution is 6.29. The van der Waals surface area contributed by atoms with Crippen LogP contribution in [0.3, 0.4) is 0 Å². The van der Waals surface area contributed by atoms with Crippen molar-refractivity contribution in [2.45, 2.75) is 0 Å². The molecular formula is C11H11Cl2N3O3. The van der Waals surface area contributed by atoms with Crippen LogP contribution in [0.2, 0.25) is 0 Å². The molecule has 3 amide bonds. The predicted molar refractivity (Wildman–Crippen MR) is 72.1 cm³/mol. The van der Waals surface area contributed by atoms with E-state index < -0.39 is 11.8 Å². The van der Waals surface area contributed by atoms with Crippen LogP contribution < -0.4 is 16.2 Å². The Balaban J connectivity index is 2.58. The van der Waals surface area contributed by atoms with Crippen LogP contribution in [-0.2, 0) is 9.59 Å². The molecule has 19 heavy (non-hydrogen) atoms. The maximum atomic E-state index is 11.6. The average molecular weight is 304 g/mol. The van der Waals surface area contributed by atoms with Crippen LogP contribution in [0.5, 0.6) is 0 Å². The van der Waals surface area contributed by atoms with Gasteiger partial charge in [0, 0.05) is 11.3 Å². The Labute approximate surface area is 119 Å². The van der Waals surface area contributed by atoms with Crippen molar-refractivity contribution in [1.82, 2.24) is 10.9 Å². The second kappa shape index (κ2) is 7.60. The fourth-order valence-corrected chi connectivity index (χ4v) is 1.27. The van der Waals surface area contributed by atoms with Crippen LogP contribution in [0.1, 0.15) is 10.4 Å². The van der Waals surface area contributed by atoms with E-state index in [1.165, 1.54) is 12.1 Å². The third kappa shape index (κ3) is 5.15. The van der Waals surface area contributed by atoms with Crippen LogP contribution in [0.4, 0.5) is 5.69 Å². The summed E-state index contributed by atoms with van der Waals surface area (Å²) >= 11 is 10.6. The van der Waals surface area contributed by atoms with Crippen molar-refractivity contribution in [3.8, 4) is 0 Å². The van der Waals surface area contributed by atoms with Gasteiger partial charge in [-0.1, -0.05) is 0 Å². The zero-order chi connectivity index (χ0) is 14.3. The smallest absolute Gasteiger partial charge is 0.269 e. The minimum Gasteiger partial charge on any atom is -0.325 e. The van der Waals surface area contributed by atoms with Gasteiger partial charge in [-0.25, -0.2) is 0 Å². The van der Waals surface area contributed by atoms with Crippen molar-refractivity contribution in [2.75, 3.05) is 17.1 Å². The third-order valence-electron chi connectivity index (χ3n) is 1.99. The van der Waals surface area contributed by atoms with Gasteiger partial charge in [0.15, 0.2) is 0 Å². The lowest BCUT2D eigenvalue weighted by Crippen LogP contribution is -2.42. The Hall–Kier alpha value is -1.79. The van der Waals surface area contributed by atoms with Gasteiger partial charge in [0.1, 0.15) is 11.8 Å². The number of halogens is 2. The highest BCUT2D eigenvalue weighted by atomic mass is 35.5. The number of hydrogen-bond donors (Lipinski definition) is 3. The van der Waals surface area contributed by atoms with Gasteiger partial charge in [-0.3, -0.25) is 25.2 Å². The van der Waals surface area contributed by atoms with Crippen molar-refractivity contribution in [3.05, 3.63) is 29.8 Å². The van der Waals surface area contributed by atoms with E-state index in [1.54, 1.807) is 12.1 Å². The summed E-state index contributed by atoms with van der Waals surface area (Å²) in [6.07, 6.45) is 0. The van der Waals surface area contributed by atoms with Crippen LogP contribution >= 0.6 is 23.2 Å². The molecule has 0 aromatic heterocycles. The summed E-state index contributed by atoms with van der Waals surface area (Å²) in [4.78, 5) is 33.4. The van der Waals surface area contributed by atoms with Crippen LogP contribution in [0, 0.1) is 0 Å². The zero-order valence-electron chi connectivity index (χ0n) is 9.70. The van der Waals surface area contributed by atoms with Gasteiger partial charge in [-0.15, -0.1) is 23.2 Å². The van der Waals surface area contributed by atoms with Crippen molar-refractivity contribution < 1.29 is 14.4 Å². The van der Waals surface area contributed by atoms with E-state index in [9.17, 15) is 14.4 Å². The zero-order valence-corrected chi connectivity index (χ0v) is 11.2. The summed E-state index contributed by atoms with van der Waals surface area (Å²) in [5.74, 6) is -1.74. The van der Waals surface area contributed by atoms with Gasteiger partial charge < -0.3 is 5.32 Å². The average Bonchev–Trinajstić information content (AvgIpc) is 2.44. The Morgan fingerprint density at radius 1 is 0.895 bits per heavy atom. The van der Waals surface area contributed by atoms with Crippen LogP contribution in [-0.4, -0.2) is 29.5 Å². The number of carbonyl (C=O) groups is 3. The maximum absolute atomic E-state index is 11.6. The maximum Gasteiger partial charge on any atom is 0.269 e. The lowest BCUT2D eigenvalue weighted by Gasteiger charge is -2.07. The monoisotopic (exact) mass is 303 g/mol. The lowest BCUT2D eigenvalue weighted by atomic mass is 10.2. The quantitative estimate of drug-likeness (QED) is 0.569.